The highest BCUT2D eigenvalue weighted by atomic mass is 16.6. The zero-order valence-electron chi connectivity index (χ0n) is 40.1. The molecule has 0 saturated carbocycles. The zero-order chi connectivity index (χ0) is 44.5. The molecule has 0 spiro atoms. The van der Waals surface area contributed by atoms with Crippen LogP contribution in [0.5, 0.6) is 0 Å². The summed E-state index contributed by atoms with van der Waals surface area (Å²) >= 11 is 0. The molecule has 0 saturated heterocycles. The molecule has 7 N–H and O–H groups in total. The lowest BCUT2D eigenvalue weighted by Gasteiger charge is -2.46. The van der Waals surface area contributed by atoms with E-state index in [0.717, 1.165) is 65.1 Å². The molecule has 0 aliphatic carbocycles. The molecule has 0 radical (unpaired) electrons. The largest absolute Gasteiger partial charge is 0.395 e. The van der Waals surface area contributed by atoms with Gasteiger partial charge in [-0.3, -0.25) is 14.7 Å². The number of nitrogens with one attached hydrogen (secondary N) is 1. The van der Waals surface area contributed by atoms with Crippen LogP contribution in [0.25, 0.3) is 0 Å². The Morgan fingerprint density at radius 2 is 1.24 bits per heavy atom. The fraction of sp³-hybridized carbons (Fsp3) is 1.00. The highest BCUT2D eigenvalue weighted by molar-refractivity contribution is 4.91. The standard InChI is InChI=1S/C44H96N6O8/c1-15-41(7,8)58-38(3)35-53-36-43(11,12)56-30-27-49(40(5,6)34-37(2)54-31-29-52)24-25-50(26-28-51)44(13,14)39(4)55-32-33-57-42(9,10)16-19-47-20-23-48(21-17-45)22-18-46/h37-39,47,51-52H,15-36,45-46H2,1-14H3. The number of hydrogen-bond donors (Lipinski definition) is 5. The Balaban J connectivity index is 5.37. The van der Waals surface area contributed by atoms with Gasteiger partial charge in [0.2, 0.25) is 0 Å². The smallest absolute Gasteiger partial charge is 0.0859 e. The van der Waals surface area contributed by atoms with Gasteiger partial charge in [-0.05, 0) is 116 Å². The Morgan fingerprint density at radius 3 is 1.83 bits per heavy atom. The summed E-state index contributed by atoms with van der Waals surface area (Å²) in [6.07, 6.45) is 2.45. The number of β-amino-alcohol motifs (C(OH)–C–C–N with tert-alkyl or cyclic N) is 1. The zero-order valence-corrected chi connectivity index (χ0v) is 40.1. The molecule has 14 heteroatoms. The molecule has 0 rings (SSSR count). The van der Waals surface area contributed by atoms with Crippen LogP contribution >= 0.6 is 0 Å². The van der Waals surface area contributed by atoms with E-state index in [1.54, 1.807) is 0 Å². The highest BCUT2D eigenvalue weighted by Crippen LogP contribution is 2.26. The first-order valence-corrected chi connectivity index (χ1v) is 22.3. The molecule has 0 heterocycles. The topological polar surface area (TPSA) is 170 Å². The van der Waals surface area contributed by atoms with Crippen LogP contribution in [0, 0.1) is 0 Å². The molecule has 0 fully saturated rings. The van der Waals surface area contributed by atoms with Gasteiger partial charge in [-0.1, -0.05) is 6.92 Å². The van der Waals surface area contributed by atoms with Gasteiger partial charge in [-0.15, -0.1) is 0 Å². The SMILES string of the molecule is CCC(C)(C)OC(C)COCC(C)(C)OCCN(CCN(CCO)C(C)(C)C(C)OCCOC(C)(C)CCNCCN(CCN)CCN)C(C)(C)CC(C)OCCO. The van der Waals surface area contributed by atoms with Gasteiger partial charge in [0.1, 0.15) is 0 Å². The van der Waals surface area contributed by atoms with E-state index < -0.39 is 5.60 Å². The predicted octanol–water partition coefficient (Wildman–Crippen LogP) is 3.73. The van der Waals surface area contributed by atoms with Gasteiger partial charge in [0.25, 0.3) is 0 Å². The van der Waals surface area contributed by atoms with Crippen molar-refractivity contribution in [2.75, 3.05) is 125 Å². The summed E-state index contributed by atoms with van der Waals surface area (Å²) in [5.74, 6) is 0. The van der Waals surface area contributed by atoms with Crippen molar-refractivity contribution in [2.45, 2.75) is 162 Å². The maximum atomic E-state index is 10.2. The van der Waals surface area contributed by atoms with Crippen LogP contribution in [0.15, 0.2) is 0 Å². The second-order valence-corrected chi connectivity index (χ2v) is 19.0. The Bertz CT molecular complexity index is 999. The number of rotatable bonds is 39. The van der Waals surface area contributed by atoms with Crippen LogP contribution in [0.1, 0.15) is 116 Å². The third-order valence-corrected chi connectivity index (χ3v) is 11.3. The minimum absolute atomic E-state index is 0.000834. The van der Waals surface area contributed by atoms with E-state index in [-0.39, 0.29) is 53.8 Å². The predicted molar refractivity (Wildman–Crippen MR) is 239 cm³/mol. The second kappa shape index (κ2) is 29.7. The van der Waals surface area contributed by atoms with E-state index in [1.165, 1.54) is 0 Å². The quantitative estimate of drug-likeness (QED) is 0.0568. The number of nitrogens with zero attached hydrogens (tertiary/aromatic N) is 3. The maximum Gasteiger partial charge on any atom is 0.0859 e. The third kappa shape index (κ3) is 26.0. The van der Waals surface area contributed by atoms with E-state index in [1.807, 2.05) is 6.92 Å². The first-order valence-electron chi connectivity index (χ1n) is 22.3. The average molecular weight is 837 g/mol. The van der Waals surface area contributed by atoms with Gasteiger partial charge < -0.3 is 55.4 Å². The lowest BCUT2D eigenvalue weighted by Crippen LogP contribution is -2.57. The Hall–Kier alpha value is -0.560. The van der Waals surface area contributed by atoms with E-state index in [0.29, 0.717) is 65.8 Å². The molecule has 14 nitrogen and oxygen atoms in total. The van der Waals surface area contributed by atoms with Crippen molar-refractivity contribution in [2.24, 2.45) is 11.5 Å². The highest BCUT2D eigenvalue weighted by Gasteiger charge is 2.36. The lowest BCUT2D eigenvalue weighted by atomic mass is 9.93. The molecular weight excluding hydrogens is 741 g/mol. The molecule has 0 aliphatic heterocycles. The fourth-order valence-electron chi connectivity index (χ4n) is 7.05. The van der Waals surface area contributed by atoms with E-state index in [9.17, 15) is 10.2 Å². The van der Waals surface area contributed by atoms with Crippen LogP contribution in [0.3, 0.4) is 0 Å². The van der Waals surface area contributed by atoms with Crippen molar-refractivity contribution in [3.63, 3.8) is 0 Å². The average Bonchev–Trinajstić information content (AvgIpc) is 3.12. The van der Waals surface area contributed by atoms with Crippen molar-refractivity contribution in [1.82, 2.24) is 20.0 Å². The van der Waals surface area contributed by atoms with Crippen LogP contribution in [-0.2, 0) is 28.4 Å². The van der Waals surface area contributed by atoms with E-state index >= 15 is 0 Å². The minimum Gasteiger partial charge on any atom is -0.395 e. The summed E-state index contributed by atoms with van der Waals surface area (Å²) < 4.78 is 37.2. The van der Waals surface area contributed by atoms with E-state index in [4.69, 9.17) is 39.9 Å². The van der Waals surface area contributed by atoms with Crippen molar-refractivity contribution in [3.05, 3.63) is 0 Å². The Labute approximate surface area is 356 Å². The Morgan fingerprint density at radius 1 is 0.621 bits per heavy atom. The number of hydrogen-bond acceptors (Lipinski definition) is 14. The molecule has 3 unspecified atom stereocenters. The summed E-state index contributed by atoms with van der Waals surface area (Å²) in [5.41, 5.74) is 9.93. The number of ether oxygens (including phenoxy) is 6. The van der Waals surface area contributed by atoms with Crippen LogP contribution < -0.4 is 16.8 Å². The van der Waals surface area contributed by atoms with Crippen molar-refractivity contribution < 1.29 is 38.6 Å². The van der Waals surface area contributed by atoms with Gasteiger partial charge in [-0.2, -0.15) is 0 Å². The van der Waals surface area contributed by atoms with Gasteiger partial charge in [0.05, 0.1) is 88.0 Å². The summed E-state index contributed by atoms with van der Waals surface area (Å²) in [5, 5.41) is 23.1. The summed E-state index contributed by atoms with van der Waals surface area (Å²) in [6, 6.07) is 0. The lowest BCUT2D eigenvalue weighted by molar-refractivity contribution is -0.125. The van der Waals surface area contributed by atoms with Gasteiger partial charge in [0.15, 0.2) is 0 Å². The summed E-state index contributed by atoms with van der Waals surface area (Å²) in [4.78, 5) is 7.07. The minimum atomic E-state index is -0.474. The molecule has 0 aliphatic rings. The molecule has 3 atom stereocenters. The molecular formula is C44H96N6O8. The monoisotopic (exact) mass is 837 g/mol. The summed E-state index contributed by atoms with van der Waals surface area (Å²) in [6.45, 7) is 41.0. The first kappa shape index (κ1) is 57.4. The number of aliphatic hydroxyl groups excluding tert-OH is 2. The van der Waals surface area contributed by atoms with Crippen molar-refractivity contribution in [1.29, 1.82) is 0 Å². The van der Waals surface area contributed by atoms with E-state index in [2.05, 4.69) is 110 Å². The van der Waals surface area contributed by atoms with Gasteiger partial charge in [0, 0.05) is 76.5 Å². The van der Waals surface area contributed by atoms with Gasteiger partial charge in [-0.25, -0.2) is 0 Å². The summed E-state index contributed by atoms with van der Waals surface area (Å²) in [7, 11) is 0. The first-order chi connectivity index (χ1) is 27.0. The van der Waals surface area contributed by atoms with Crippen LogP contribution in [-0.4, -0.2) is 196 Å². The van der Waals surface area contributed by atoms with Gasteiger partial charge >= 0.3 is 0 Å². The van der Waals surface area contributed by atoms with Crippen LogP contribution in [0.4, 0.5) is 0 Å². The third-order valence-electron chi connectivity index (χ3n) is 11.3. The Kier molecular flexibility index (Phi) is 29.4. The van der Waals surface area contributed by atoms with Crippen LogP contribution in [0.2, 0.25) is 0 Å². The normalized spacial score (nSPS) is 15.3. The maximum absolute atomic E-state index is 10.2. The second-order valence-electron chi connectivity index (χ2n) is 19.0. The number of aliphatic hydroxyl groups is 2. The molecule has 0 aromatic carbocycles. The molecule has 350 valence electrons. The number of nitrogens with two attached hydrogens (primary N) is 2. The molecule has 58 heavy (non-hydrogen) atoms. The molecule has 0 aromatic heterocycles. The molecule has 0 amide bonds. The fourth-order valence-corrected chi connectivity index (χ4v) is 7.05. The van der Waals surface area contributed by atoms with Crippen molar-refractivity contribution in [3.8, 4) is 0 Å². The van der Waals surface area contributed by atoms with Crippen molar-refractivity contribution >= 4 is 0 Å². The molecule has 0 bridgehead atoms. The molecule has 0 aromatic rings.